The fourth-order valence-electron chi connectivity index (χ4n) is 3.33. The van der Waals surface area contributed by atoms with Gasteiger partial charge in [-0.05, 0) is 37.7 Å². The summed E-state index contributed by atoms with van der Waals surface area (Å²) in [7, 11) is 0. The van der Waals surface area contributed by atoms with E-state index in [0.717, 1.165) is 0 Å². The van der Waals surface area contributed by atoms with Crippen molar-refractivity contribution in [2.24, 2.45) is 0 Å². The fraction of sp³-hybridized carbons (Fsp3) is 0.810. The van der Waals surface area contributed by atoms with Crippen LogP contribution in [0, 0.1) is 0 Å². The third-order valence-corrected chi connectivity index (χ3v) is 4.77. The van der Waals surface area contributed by atoms with Crippen LogP contribution in [0.1, 0.15) is 110 Å². The lowest BCUT2D eigenvalue weighted by atomic mass is 9.98. The van der Waals surface area contributed by atoms with Crippen LogP contribution in [-0.2, 0) is 0 Å². The van der Waals surface area contributed by atoms with Crippen LogP contribution in [0.2, 0.25) is 0 Å². The van der Waals surface area contributed by atoms with Gasteiger partial charge in [0.25, 0.3) is 0 Å². The van der Waals surface area contributed by atoms with Crippen molar-refractivity contribution >= 4 is 0 Å². The highest BCUT2D eigenvalue weighted by molar-refractivity contribution is 5.33. The predicted molar refractivity (Wildman–Crippen MR) is 96.8 cm³/mol. The maximum absolute atomic E-state index is 2.42. The van der Waals surface area contributed by atoms with Crippen molar-refractivity contribution in [1.29, 1.82) is 0 Å². The zero-order chi connectivity index (χ0) is 15.2. The van der Waals surface area contributed by atoms with Crippen molar-refractivity contribution in [3.8, 4) is 0 Å². The quantitative estimate of drug-likeness (QED) is 0.287. The average Bonchev–Trinajstić information content (AvgIpc) is 2.94. The minimum Gasteiger partial charge on any atom is -0.0802 e. The third-order valence-electron chi connectivity index (χ3n) is 4.77. The molecule has 0 heterocycles. The van der Waals surface area contributed by atoms with E-state index < -0.39 is 0 Å². The first-order valence-corrected chi connectivity index (χ1v) is 9.76. The molecule has 0 amide bonds. The summed E-state index contributed by atoms with van der Waals surface area (Å²) >= 11 is 0. The van der Waals surface area contributed by atoms with Gasteiger partial charge >= 0.3 is 0 Å². The molecule has 0 radical (unpaired) electrons. The summed E-state index contributed by atoms with van der Waals surface area (Å²) in [6, 6.07) is 0. The van der Waals surface area contributed by atoms with E-state index in [-0.39, 0.29) is 0 Å². The molecule has 0 bridgehead atoms. The summed E-state index contributed by atoms with van der Waals surface area (Å²) in [6.07, 6.45) is 25.8. The topological polar surface area (TPSA) is 0 Å². The summed E-state index contributed by atoms with van der Waals surface area (Å²) in [5, 5.41) is 0. The highest BCUT2D eigenvalue weighted by Gasteiger charge is 2.08. The number of rotatable bonds is 14. The molecule has 1 aliphatic rings. The molecule has 0 atom stereocenters. The standard InChI is InChI=1S/C21H38/c1-3-5-7-9-11-13-16-20-18-15-19-21(20)17-14-12-10-8-6-4-2/h15,18H,3-14,16-17,19H2,1-2H3. The molecule has 1 aliphatic carbocycles. The minimum atomic E-state index is 1.25. The van der Waals surface area contributed by atoms with E-state index in [1.165, 1.54) is 96.3 Å². The normalized spacial score (nSPS) is 14.4. The molecule has 0 saturated carbocycles. The van der Waals surface area contributed by atoms with Gasteiger partial charge in [-0.1, -0.05) is 95.8 Å². The molecule has 0 aromatic heterocycles. The van der Waals surface area contributed by atoms with Crippen LogP contribution in [0.25, 0.3) is 0 Å². The molecule has 0 unspecified atom stereocenters. The maximum atomic E-state index is 2.42. The highest BCUT2D eigenvalue weighted by atomic mass is 14.1. The van der Waals surface area contributed by atoms with E-state index in [1.54, 1.807) is 11.1 Å². The molecule has 122 valence electrons. The van der Waals surface area contributed by atoms with E-state index in [4.69, 9.17) is 0 Å². The van der Waals surface area contributed by atoms with Gasteiger partial charge in [-0.2, -0.15) is 0 Å². The summed E-state index contributed by atoms with van der Waals surface area (Å²) in [5.74, 6) is 0. The van der Waals surface area contributed by atoms with Gasteiger partial charge in [0.15, 0.2) is 0 Å². The lowest BCUT2D eigenvalue weighted by molar-refractivity contribution is 0.598. The Balaban J connectivity index is 2.08. The summed E-state index contributed by atoms with van der Waals surface area (Å²) in [5.41, 5.74) is 3.46. The molecule has 0 aliphatic heterocycles. The smallest absolute Gasteiger partial charge is 0.0130 e. The Kier molecular flexibility index (Phi) is 11.6. The van der Waals surface area contributed by atoms with E-state index in [9.17, 15) is 0 Å². The first-order valence-electron chi connectivity index (χ1n) is 9.76. The Morgan fingerprint density at radius 1 is 0.667 bits per heavy atom. The molecule has 0 aromatic rings. The number of hydrogen-bond acceptors (Lipinski definition) is 0. The first kappa shape index (κ1) is 18.5. The first-order chi connectivity index (χ1) is 10.4. The lowest BCUT2D eigenvalue weighted by Gasteiger charge is -2.08. The Bertz CT molecular complexity index is 295. The molecule has 0 N–H and O–H groups in total. The molecular weight excluding hydrogens is 252 g/mol. The molecular formula is C21H38. The zero-order valence-electron chi connectivity index (χ0n) is 14.8. The van der Waals surface area contributed by atoms with Crippen molar-refractivity contribution in [2.45, 2.75) is 110 Å². The molecule has 0 fully saturated rings. The van der Waals surface area contributed by atoms with Crippen molar-refractivity contribution in [3.63, 3.8) is 0 Å². The van der Waals surface area contributed by atoms with E-state index in [0.29, 0.717) is 0 Å². The summed E-state index contributed by atoms with van der Waals surface area (Å²) in [6.45, 7) is 4.59. The second-order valence-electron chi connectivity index (χ2n) is 6.77. The second-order valence-corrected chi connectivity index (χ2v) is 6.77. The number of allylic oxidation sites excluding steroid dienone is 4. The molecule has 0 aromatic carbocycles. The van der Waals surface area contributed by atoms with E-state index >= 15 is 0 Å². The van der Waals surface area contributed by atoms with Gasteiger partial charge in [-0.15, -0.1) is 0 Å². The summed E-state index contributed by atoms with van der Waals surface area (Å²) < 4.78 is 0. The molecule has 0 nitrogen and oxygen atoms in total. The Labute approximate surface area is 134 Å². The monoisotopic (exact) mass is 290 g/mol. The van der Waals surface area contributed by atoms with Crippen molar-refractivity contribution in [3.05, 3.63) is 23.3 Å². The Morgan fingerprint density at radius 2 is 1.19 bits per heavy atom. The Morgan fingerprint density at radius 3 is 1.81 bits per heavy atom. The van der Waals surface area contributed by atoms with Crippen LogP contribution in [0.4, 0.5) is 0 Å². The van der Waals surface area contributed by atoms with Crippen LogP contribution >= 0.6 is 0 Å². The summed E-state index contributed by atoms with van der Waals surface area (Å²) in [4.78, 5) is 0. The highest BCUT2D eigenvalue weighted by Crippen LogP contribution is 2.28. The van der Waals surface area contributed by atoms with Crippen LogP contribution in [0.3, 0.4) is 0 Å². The van der Waals surface area contributed by atoms with Gasteiger partial charge in [-0.3, -0.25) is 0 Å². The van der Waals surface area contributed by atoms with Crippen LogP contribution in [-0.4, -0.2) is 0 Å². The molecule has 21 heavy (non-hydrogen) atoms. The third kappa shape index (κ3) is 9.17. The maximum Gasteiger partial charge on any atom is -0.0130 e. The van der Waals surface area contributed by atoms with Crippen molar-refractivity contribution < 1.29 is 0 Å². The second kappa shape index (κ2) is 13.2. The van der Waals surface area contributed by atoms with Gasteiger partial charge in [0.1, 0.15) is 0 Å². The van der Waals surface area contributed by atoms with E-state index in [1.807, 2.05) is 0 Å². The Hall–Kier alpha value is -0.520. The molecule has 1 rings (SSSR count). The van der Waals surface area contributed by atoms with Crippen LogP contribution in [0.5, 0.6) is 0 Å². The van der Waals surface area contributed by atoms with Crippen molar-refractivity contribution in [1.82, 2.24) is 0 Å². The van der Waals surface area contributed by atoms with Gasteiger partial charge < -0.3 is 0 Å². The van der Waals surface area contributed by atoms with Crippen LogP contribution < -0.4 is 0 Å². The van der Waals surface area contributed by atoms with Gasteiger partial charge in [0.05, 0.1) is 0 Å². The number of unbranched alkanes of at least 4 members (excludes halogenated alkanes) is 10. The molecule has 0 saturated heterocycles. The van der Waals surface area contributed by atoms with Crippen molar-refractivity contribution in [2.75, 3.05) is 0 Å². The SMILES string of the molecule is CCCCCCCCC1=C(CCCCCCCC)CC=C1. The predicted octanol–water partition coefficient (Wildman–Crippen LogP) is 7.74. The van der Waals surface area contributed by atoms with Gasteiger partial charge in [0, 0.05) is 0 Å². The number of hydrogen-bond donors (Lipinski definition) is 0. The van der Waals surface area contributed by atoms with Gasteiger partial charge in [0.2, 0.25) is 0 Å². The largest absolute Gasteiger partial charge is 0.0802 e. The molecule has 0 heteroatoms. The van der Waals surface area contributed by atoms with Crippen LogP contribution in [0.15, 0.2) is 23.3 Å². The average molecular weight is 291 g/mol. The lowest BCUT2D eigenvalue weighted by Crippen LogP contribution is -1.88. The molecule has 0 spiro atoms. The zero-order valence-corrected chi connectivity index (χ0v) is 14.8. The van der Waals surface area contributed by atoms with E-state index in [2.05, 4.69) is 26.0 Å². The van der Waals surface area contributed by atoms with Gasteiger partial charge in [-0.25, -0.2) is 0 Å². The minimum absolute atomic E-state index is 1.25. The fourth-order valence-corrected chi connectivity index (χ4v) is 3.33.